The Bertz CT molecular complexity index is 706. The van der Waals surface area contributed by atoms with Crippen LogP contribution in [-0.2, 0) is 9.53 Å². The number of esters is 1. The molecule has 0 bridgehead atoms. The van der Waals surface area contributed by atoms with E-state index in [-0.39, 0.29) is 5.69 Å². The molecular formula is C14H16N4O3. The Morgan fingerprint density at radius 3 is 2.57 bits per heavy atom. The predicted octanol–water partition coefficient (Wildman–Crippen LogP) is 0.835. The highest BCUT2D eigenvalue weighted by atomic mass is 16.5. The molecule has 21 heavy (non-hydrogen) atoms. The van der Waals surface area contributed by atoms with E-state index in [1.165, 1.54) is 4.80 Å². The molecule has 0 radical (unpaired) electrons. The molecule has 0 aliphatic carbocycles. The first kappa shape index (κ1) is 14.7. The third-order valence-corrected chi connectivity index (χ3v) is 2.89. The van der Waals surface area contributed by atoms with Gasteiger partial charge in [-0.1, -0.05) is 17.7 Å². The molecule has 0 spiro atoms. The first-order chi connectivity index (χ1) is 9.88. The van der Waals surface area contributed by atoms with Gasteiger partial charge in [0, 0.05) is 0 Å². The van der Waals surface area contributed by atoms with Crippen LogP contribution in [0.15, 0.2) is 18.2 Å². The number of rotatable bonds is 4. The molecule has 0 saturated carbocycles. The van der Waals surface area contributed by atoms with Gasteiger partial charge in [0.25, 0.3) is 5.91 Å². The smallest absolute Gasteiger partial charge is 0.361 e. The molecule has 0 atom stereocenters. The molecule has 0 unspecified atom stereocenters. The second kappa shape index (κ2) is 5.74. The number of ether oxygens (including phenoxy) is 1. The van der Waals surface area contributed by atoms with Gasteiger partial charge in [-0.25, -0.2) is 4.79 Å². The number of amides is 1. The maximum absolute atomic E-state index is 11.8. The normalized spacial score (nSPS) is 10.4. The van der Waals surface area contributed by atoms with E-state index in [0.717, 1.165) is 16.8 Å². The highest BCUT2D eigenvalue weighted by molar-refractivity contribution is 5.90. The van der Waals surface area contributed by atoms with E-state index < -0.39 is 18.5 Å². The van der Waals surface area contributed by atoms with Crippen LogP contribution in [0.5, 0.6) is 0 Å². The zero-order valence-electron chi connectivity index (χ0n) is 12.1. The molecular weight excluding hydrogens is 272 g/mol. The van der Waals surface area contributed by atoms with Gasteiger partial charge in [-0.05, 0) is 32.4 Å². The van der Waals surface area contributed by atoms with Crippen LogP contribution in [0, 0.1) is 20.8 Å². The number of aromatic nitrogens is 3. The van der Waals surface area contributed by atoms with Crippen LogP contribution in [0.25, 0.3) is 5.69 Å². The van der Waals surface area contributed by atoms with Crippen molar-refractivity contribution >= 4 is 11.9 Å². The van der Waals surface area contributed by atoms with Crippen LogP contribution in [-0.4, -0.2) is 33.5 Å². The minimum absolute atomic E-state index is 0.0659. The number of nitrogens with zero attached hydrogens (tertiary/aromatic N) is 3. The Morgan fingerprint density at radius 2 is 1.95 bits per heavy atom. The Morgan fingerprint density at radius 1 is 1.24 bits per heavy atom. The number of carbonyl (C=O) groups excluding carboxylic acids is 2. The lowest BCUT2D eigenvalue weighted by atomic mass is 10.1. The molecule has 7 nitrogen and oxygen atoms in total. The van der Waals surface area contributed by atoms with Crippen molar-refractivity contribution in [1.82, 2.24) is 15.0 Å². The molecule has 2 N–H and O–H groups in total. The number of primary amides is 1. The molecule has 0 saturated heterocycles. The van der Waals surface area contributed by atoms with Gasteiger partial charge in [0.15, 0.2) is 12.3 Å². The zero-order chi connectivity index (χ0) is 15.6. The van der Waals surface area contributed by atoms with E-state index in [4.69, 9.17) is 10.5 Å². The molecule has 2 rings (SSSR count). The fourth-order valence-corrected chi connectivity index (χ4v) is 1.91. The summed E-state index contributed by atoms with van der Waals surface area (Å²) in [5, 5.41) is 8.34. The van der Waals surface area contributed by atoms with Gasteiger partial charge in [0.1, 0.15) is 0 Å². The lowest BCUT2D eigenvalue weighted by Gasteiger charge is -2.04. The molecule has 110 valence electrons. The molecule has 0 aliphatic heterocycles. The summed E-state index contributed by atoms with van der Waals surface area (Å²) in [6.45, 7) is 5.10. The van der Waals surface area contributed by atoms with Gasteiger partial charge in [-0.3, -0.25) is 4.79 Å². The van der Waals surface area contributed by atoms with Crippen molar-refractivity contribution < 1.29 is 14.3 Å². The number of hydrogen-bond donors (Lipinski definition) is 1. The second-order valence-electron chi connectivity index (χ2n) is 4.76. The number of hydrogen-bond acceptors (Lipinski definition) is 5. The molecule has 1 aromatic carbocycles. The van der Waals surface area contributed by atoms with Crippen molar-refractivity contribution in [2.45, 2.75) is 20.8 Å². The predicted molar refractivity (Wildman–Crippen MR) is 75.0 cm³/mol. The molecule has 7 heteroatoms. The van der Waals surface area contributed by atoms with Gasteiger partial charge >= 0.3 is 5.97 Å². The van der Waals surface area contributed by atoms with Crippen LogP contribution >= 0.6 is 0 Å². The quantitative estimate of drug-likeness (QED) is 0.840. The Kier molecular flexibility index (Phi) is 4.02. The van der Waals surface area contributed by atoms with Gasteiger partial charge < -0.3 is 10.5 Å². The summed E-state index contributed by atoms with van der Waals surface area (Å²) in [4.78, 5) is 23.8. The average molecular weight is 288 g/mol. The number of carbonyl (C=O) groups is 2. The fraction of sp³-hybridized carbons (Fsp3) is 0.286. The summed E-state index contributed by atoms with van der Waals surface area (Å²) in [7, 11) is 0. The zero-order valence-corrected chi connectivity index (χ0v) is 12.1. The second-order valence-corrected chi connectivity index (χ2v) is 4.76. The van der Waals surface area contributed by atoms with Crippen LogP contribution in [0.3, 0.4) is 0 Å². The van der Waals surface area contributed by atoms with Crippen molar-refractivity contribution in [1.29, 1.82) is 0 Å². The van der Waals surface area contributed by atoms with Crippen LogP contribution in [0.2, 0.25) is 0 Å². The van der Waals surface area contributed by atoms with Crippen molar-refractivity contribution in [3.63, 3.8) is 0 Å². The van der Waals surface area contributed by atoms with E-state index in [2.05, 4.69) is 10.2 Å². The number of nitrogens with two attached hydrogens (primary N) is 1. The highest BCUT2D eigenvalue weighted by Crippen LogP contribution is 2.15. The summed E-state index contributed by atoms with van der Waals surface area (Å²) >= 11 is 0. The van der Waals surface area contributed by atoms with E-state index in [0.29, 0.717) is 5.69 Å². The largest absolute Gasteiger partial charge is 0.451 e. The van der Waals surface area contributed by atoms with E-state index >= 15 is 0 Å². The van der Waals surface area contributed by atoms with E-state index in [1.54, 1.807) is 6.92 Å². The van der Waals surface area contributed by atoms with E-state index in [1.807, 2.05) is 32.0 Å². The average Bonchev–Trinajstić information content (AvgIpc) is 2.77. The Labute approximate surface area is 121 Å². The fourth-order valence-electron chi connectivity index (χ4n) is 1.91. The maximum atomic E-state index is 11.8. The molecule has 2 aromatic rings. The van der Waals surface area contributed by atoms with Gasteiger partial charge in [0.2, 0.25) is 0 Å². The summed E-state index contributed by atoms with van der Waals surface area (Å²) in [6.07, 6.45) is 0. The van der Waals surface area contributed by atoms with Crippen molar-refractivity contribution in [3.8, 4) is 5.69 Å². The third-order valence-electron chi connectivity index (χ3n) is 2.89. The first-order valence-electron chi connectivity index (χ1n) is 6.35. The Balaban J connectivity index is 2.30. The van der Waals surface area contributed by atoms with Crippen LogP contribution in [0.1, 0.15) is 27.3 Å². The topological polar surface area (TPSA) is 100 Å². The molecule has 1 amide bonds. The molecule has 0 aliphatic rings. The summed E-state index contributed by atoms with van der Waals surface area (Å²) < 4.78 is 4.74. The molecule has 1 aromatic heterocycles. The van der Waals surface area contributed by atoms with Crippen molar-refractivity contribution in [2.24, 2.45) is 5.73 Å². The van der Waals surface area contributed by atoms with Crippen LogP contribution < -0.4 is 5.73 Å². The SMILES string of the molecule is Cc1ccc(-n2nc(C)c(C(=O)OCC(N)=O)n2)c(C)c1. The lowest BCUT2D eigenvalue weighted by molar-refractivity contribution is -0.121. The van der Waals surface area contributed by atoms with Crippen LogP contribution in [0.4, 0.5) is 0 Å². The molecule has 1 heterocycles. The summed E-state index contributed by atoms with van der Waals surface area (Å²) in [5.74, 6) is -1.44. The minimum Gasteiger partial charge on any atom is -0.451 e. The minimum atomic E-state index is -0.720. The number of aryl methyl sites for hydroxylation is 3. The number of benzene rings is 1. The third kappa shape index (κ3) is 3.25. The van der Waals surface area contributed by atoms with Gasteiger partial charge in [0.05, 0.1) is 11.4 Å². The lowest BCUT2D eigenvalue weighted by Crippen LogP contribution is -2.21. The van der Waals surface area contributed by atoms with Gasteiger partial charge in [-0.15, -0.1) is 5.10 Å². The first-order valence-corrected chi connectivity index (χ1v) is 6.35. The van der Waals surface area contributed by atoms with E-state index in [9.17, 15) is 9.59 Å². The van der Waals surface area contributed by atoms with Crippen molar-refractivity contribution in [3.05, 3.63) is 40.7 Å². The maximum Gasteiger partial charge on any atom is 0.361 e. The Hall–Kier alpha value is -2.70. The monoisotopic (exact) mass is 288 g/mol. The van der Waals surface area contributed by atoms with Gasteiger partial charge in [-0.2, -0.15) is 9.90 Å². The standard InChI is InChI=1S/C14H16N4O3/c1-8-4-5-11(9(2)6-8)18-16-10(3)13(17-18)14(20)21-7-12(15)19/h4-6H,7H2,1-3H3,(H2,15,19). The van der Waals surface area contributed by atoms with Crippen molar-refractivity contribution in [2.75, 3.05) is 6.61 Å². The molecule has 0 fully saturated rings. The summed E-state index contributed by atoms with van der Waals surface area (Å²) in [6, 6.07) is 5.81. The highest BCUT2D eigenvalue weighted by Gasteiger charge is 2.19. The summed E-state index contributed by atoms with van der Waals surface area (Å²) in [5.41, 5.74) is 8.31.